The van der Waals surface area contributed by atoms with E-state index in [2.05, 4.69) is 10.3 Å². The largest absolute Gasteiger partial charge is 0.489 e. The molecule has 0 aliphatic rings. The van der Waals surface area contributed by atoms with Gasteiger partial charge in [0.2, 0.25) is 0 Å². The van der Waals surface area contributed by atoms with Crippen LogP contribution in [-0.4, -0.2) is 23.2 Å². The first-order valence-electron chi connectivity index (χ1n) is 8.13. The fourth-order valence-corrected chi connectivity index (χ4v) is 2.22. The molecule has 0 aliphatic heterocycles. The number of benzene rings is 2. The Morgan fingerprint density at radius 3 is 2.41 bits per heavy atom. The smallest absolute Gasteiger partial charge is 0.416 e. The fourth-order valence-electron chi connectivity index (χ4n) is 2.22. The Balaban J connectivity index is 2.10. The highest BCUT2D eigenvalue weighted by atomic mass is 19.4. The highest BCUT2D eigenvalue weighted by Gasteiger charge is 2.30. The van der Waals surface area contributed by atoms with Gasteiger partial charge in [0.15, 0.2) is 0 Å². The summed E-state index contributed by atoms with van der Waals surface area (Å²) in [5.74, 6) is 0.477. The van der Waals surface area contributed by atoms with Crippen molar-refractivity contribution in [1.82, 2.24) is 0 Å². The van der Waals surface area contributed by atoms with E-state index in [0.717, 1.165) is 12.1 Å². The van der Waals surface area contributed by atoms with Crippen molar-refractivity contribution in [3.63, 3.8) is 0 Å². The molecule has 0 saturated carbocycles. The van der Waals surface area contributed by atoms with Crippen molar-refractivity contribution in [3.05, 3.63) is 65.2 Å². The average molecular weight is 380 g/mol. The maximum absolute atomic E-state index is 12.7. The average Bonchev–Trinajstić information content (AvgIpc) is 2.67. The summed E-state index contributed by atoms with van der Waals surface area (Å²) in [6.07, 6.45) is -4.39. The van der Waals surface area contributed by atoms with Crippen molar-refractivity contribution in [3.8, 4) is 5.75 Å². The summed E-state index contributed by atoms with van der Waals surface area (Å²) in [5.41, 5.74) is 0.986. The second-order valence-corrected chi connectivity index (χ2v) is 5.55. The van der Waals surface area contributed by atoms with E-state index in [-0.39, 0.29) is 12.3 Å². The van der Waals surface area contributed by atoms with Gasteiger partial charge in [-0.25, -0.2) is 0 Å². The van der Waals surface area contributed by atoms with Gasteiger partial charge in [0, 0.05) is 5.56 Å². The summed E-state index contributed by atoms with van der Waals surface area (Å²) in [5, 5.41) is 16.0. The zero-order valence-electron chi connectivity index (χ0n) is 14.8. The van der Waals surface area contributed by atoms with Gasteiger partial charge in [0.05, 0.1) is 5.56 Å². The van der Waals surface area contributed by atoms with Crippen LogP contribution in [0.5, 0.6) is 5.75 Å². The molecule has 0 amide bonds. The van der Waals surface area contributed by atoms with Crippen LogP contribution in [0.4, 0.5) is 13.2 Å². The highest BCUT2D eigenvalue weighted by Crippen LogP contribution is 2.29. The van der Waals surface area contributed by atoms with E-state index in [1.807, 2.05) is 0 Å². The second kappa shape index (κ2) is 9.07. The van der Waals surface area contributed by atoms with Crippen LogP contribution in [0.3, 0.4) is 0 Å². The molecule has 0 aliphatic carbocycles. The van der Waals surface area contributed by atoms with Gasteiger partial charge in [-0.3, -0.25) is 0 Å². The quantitative estimate of drug-likeness (QED) is 0.423. The van der Waals surface area contributed by atoms with E-state index < -0.39 is 11.7 Å². The van der Waals surface area contributed by atoms with Gasteiger partial charge in [0.25, 0.3) is 0 Å². The summed E-state index contributed by atoms with van der Waals surface area (Å²) in [6.45, 7) is 3.72. The molecule has 5 nitrogen and oxygen atoms in total. The fraction of sp³-hybridized carbons (Fsp3) is 0.263. The number of rotatable bonds is 7. The molecule has 0 heterocycles. The molecule has 0 atom stereocenters. The lowest BCUT2D eigenvalue weighted by Gasteiger charge is -2.11. The van der Waals surface area contributed by atoms with Gasteiger partial charge in [-0.2, -0.15) is 13.2 Å². The summed E-state index contributed by atoms with van der Waals surface area (Å²) >= 11 is 0. The molecule has 144 valence electrons. The molecular formula is C19H19F3N2O3. The van der Waals surface area contributed by atoms with Gasteiger partial charge in [-0.15, -0.1) is 0 Å². The molecule has 1 N–H and O–H groups in total. The highest BCUT2D eigenvalue weighted by molar-refractivity contribution is 6.47. The Bertz CT molecular complexity index is 816. The standard InChI is InChI=1S/C19H19F3N2O3/c1-3-27-24-18(13(2)23-25)15-7-9-17(10-8-15)26-12-14-5-4-6-16(11-14)19(20,21)22/h4-11,25H,3,12H2,1-2H3/b23-13?,24-18-. The maximum Gasteiger partial charge on any atom is 0.416 e. The van der Waals surface area contributed by atoms with E-state index in [9.17, 15) is 13.2 Å². The Morgan fingerprint density at radius 2 is 1.81 bits per heavy atom. The zero-order chi connectivity index (χ0) is 19.9. The SMILES string of the molecule is CCO/N=C(/C(C)=NO)c1ccc(OCc2cccc(C(F)(F)F)c2)cc1. The minimum Gasteiger partial charge on any atom is -0.489 e. The van der Waals surface area contributed by atoms with Crippen LogP contribution in [0, 0.1) is 0 Å². The van der Waals surface area contributed by atoms with Crippen LogP contribution in [0.25, 0.3) is 0 Å². The lowest BCUT2D eigenvalue weighted by Crippen LogP contribution is -2.13. The van der Waals surface area contributed by atoms with Crippen LogP contribution < -0.4 is 4.74 Å². The van der Waals surface area contributed by atoms with Crippen molar-refractivity contribution >= 4 is 11.4 Å². The van der Waals surface area contributed by atoms with E-state index in [0.29, 0.717) is 29.2 Å². The summed E-state index contributed by atoms with van der Waals surface area (Å²) in [6, 6.07) is 11.7. The van der Waals surface area contributed by atoms with Gasteiger partial charge in [-0.05, 0) is 55.8 Å². The summed E-state index contributed by atoms with van der Waals surface area (Å²) in [4.78, 5) is 5.02. The molecule has 8 heteroatoms. The molecule has 2 aromatic carbocycles. The number of alkyl halides is 3. The molecule has 2 aromatic rings. The monoisotopic (exact) mass is 380 g/mol. The summed E-state index contributed by atoms with van der Waals surface area (Å²) < 4.78 is 43.8. The summed E-state index contributed by atoms with van der Waals surface area (Å²) in [7, 11) is 0. The molecule has 0 bridgehead atoms. The Morgan fingerprint density at radius 1 is 1.11 bits per heavy atom. The maximum atomic E-state index is 12.7. The molecule has 0 saturated heterocycles. The van der Waals surface area contributed by atoms with Gasteiger partial charge < -0.3 is 14.8 Å². The third-order valence-electron chi connectivity index (χ3n) is 3.57. The predicted octanol–water partition coefficient (Wildman–Crippen LogP) is 4.88. The van der Waals surface area contributed by atoms with Crippen LogP contribution in [0.2, 0.25) is 0 Å². The lowest BCUT2D eigenvalue weighted by atomic mass is 10.1. The zero-order valence-corrected chi connectivity index (χ0v) is 14.8. The predicted molar refractivity (Wildman–Crippen MR) is 95.3 cm³/mol. The first-order chi connectivity index (χ1) is 12.8. The third-order valence-corrected chi connectivity index (χ3v) is 3.57. The Labute approximate surface area is 154 Å². The van der Waals surface area contributed by atoms with Crippen LogP contribution >= 0.6 is 0 Å². The van der Waals surface area contributed by atoms with E-state index in [4.69, 9.17) is 14.8 Å². The van der Waals surface area contributed by atoms with Gasteiger partial charge in [-0.1, -0.05) is 22.4 Å². The molecule has 0 radical (unpaired) electrons. The molecule has 2 rings (SSSR count). The Kier molecular flexibility index (Phi) is 6.81. The number of hydrogen-bond donors (Lipinski definition) is 1. The molecular weight excluding hydrogens is 361 g/mol. The number of oxime groups is 2. The van der Waals surface area contributed by atoms with E-state index >= 15 is 0 Å². The molecule has 0 fully saturated rings. The normalized spacial score (nSPS) is 12.8. The minimum atomic E-state index is -4.39. The molecule has 27 heavy (non-hydrogen) atoms. The van der Waals surface area contributed by atoms with Crippen LogP contribution in [0.15, 0.2) is 58.8 Å². The van der Waals surface area contributed by atoms with Crippen LogP contribution in [-0.2, 0) is 17.6 Å². The van der Waals surface area contributed by atoms with Crippen molar-refractivity contribution in [1.29, 1.82) is 0 Å². The molecule has 0 aromatic heterocycles. The number of halogens is 3. The second-order valence-electron chi connectivity index (χ2n) is 5.55. The lowest BCUT2D eigenvalue weighted by molar-refractivity contribution is -0.137. The minimum absolute atomic E-state index is 0.000283. The Hall–Kier alpha value is -3.03. The first-order valence-corrected chi connectivity index (χ1v) is 8.13. The molecule has 0 unspecified atom stereocenters. The topological polar surface area (TPSA) is 63.4 Å². The first kappa shape index (κ1) is 20.3. The number of hydrogen-bond acceptors (Lipinski definition) is 5. The van der Waals surface area contributed by atoms with Crippen LogP contribution in [0.1, 0.15) is 30.5 Å². The molecule has 0 spiro atoms. The van der Waals surface area contributed by atoms with Gasteiger partial charge in [0.1, 0.15) is 30.4 Å². The number of ether oxygens (including phenoxy) is 1. The third kappa shape index (κ3) is 5.73. The van der Waals surface area contributed by atoms with Gasteiger partial charge >= 0.3 is 6.18 Å². The van der Waals surface area contributed by atoms with E-state index in [1.165, 1.54) is 6.07 Å². The van der Waals surface area contributed by atoms with Crippen molar-refractivity contribution in [2.45, 2.75) is 26.6 Å². The van der Waals surface area contributed by atoms with Crippen molar-refractivity contribution < 1.29 is 28.0 Å². The van der Waals surface area contributed by atoms with E-state index in [1.54, 1.807) is 44.2 Å². The van der Waals surface area contributed by atoms with Crippen molar-refractivity contribution in [2.75, 3.05) is 6.61 Å². The van der Waals surface area contributed by atoms with Crippen molar-refractivity contribution in [2.24, 2.45) is 10.3 Å². The number of nitrogens with zero attached hydrogens (tertiary/aromatic N) is 2.